The van der Waals surface area contributed by atoms with Crippen LogP contribution in [0.2, 0.25) is 0 Å². The molecule has 1 aromatic heterocycles. The Morgan fingerprint density at radius 2 is 1.88 bits per heavy atom. The maximum absolute atomic E-state index is 6.13. The molecule has 3 heteroatoms. The second-order valence-electron chi connectivity index (χ2n) is 4.59. The van der Waals surface area contributed by atoms with Crippen LogP contribution in [0.1, 0.15) is 57.7 Å². The molecule has 0 aliphatic heterocycles. The number of aromatic nitrogens is 1. The van der Waals surface area contributed by atoms with E-state index in [0.29, 0.717) is 24.3 Å². The maximum atomic E-state index is 6.13. The normalized spacial score (nSPS) is 11.2. The highest BCUT2D eigenvalue weighted by atomic mass is 16.5. The van der Waals surface area contributed by atoms with Gasteiger partial charge in [0.2, 0.25) is 5.88 Å². The molecular formula is C13H22N2O. The largest absolute Gasteiger partial charge is 0.478 e. The first-order valence-corrected chi connectivity index (χ1v) is 5.90. The molecule has 1 rings (SSSR count). The van der Waals surface area contributed by atoms with Gasteiger partial charge in [-0.25, -0.2) is 4.98 Å². The number of anilines is 1. The Balaban J connectivity index is 3.27. The molecule has 1 aromatic rings. The first-order chi connectivity index (χ1) is 7.47. The summed E-state index contributed by atoms with van der Waals surface area (Å²) < 4.78 is 5.48. The van der Waals surface area contributed by atoms with Gasteiger partial charge in [0.05, 0.1) is 18.0 Å². The van der Waals surface area contributed by atoms with Crippen LogP contribution in [-0.2, 0) is 0 Å². The van der Waals surface area contributed by atoms with Crippen LogP contribution in [0.15, 0.2) is 6.07 Å². The van der Waals surface area contributed by atoms with Gasteiger partial charge in [0, 0.05) is 6.07 Å². The van der Waals surface area contributed by atoms with Crippen molar-refractivity contribution in [2.75, 3.05) is 12.3 Å². The molecule has 0 aromatic carbocycles. The third-order valence-corrected chi connectivity index (χ3v) is 2.56. The van der Waals surface area contributed by atoms with Crippen LogP contribution >= 0.6 is 0 Å². The van der Waals surface area contributed by atoms with E-state index in [4.69, 9.17) is 10.5 Å². The lowest BCUT2D eigenvalue weighted by Gasteiger charge is -2.17. The van der Waals surface area contributed by atoms with Gasteiger partial charge in [-0.1, -0.05) is 27.7 Å². The molecule has 1 heterocycles. The Hall–Kier alpha value is -1.25. The minimum absolute atomic E-state index is 0.318. The Morgan fingerprint density at radius 3 is 2.31 bits per heavy atom. The van der Waals surface area contributed by atoms with E-state index in [1.807, 2.05) is 13.0 Å². The standard InChI is InChI=1S/C13H22N2O/c1-6-16-11-7-10(8(2)3)12(14)13(15-11)9(4)5/h7-9H,6,14H2,1-5H3. The van der Waals surface area contributed by atoms with E-state index >= 15 is 0 Å². The number of ether oxygens (including phenoxy) is 1. The molecule has 0 radical (unpaired) electrons. The van der Waals surface area contributed by atoms with Gasteiger partial charge < -0.3 is 10.5 Å². The molecule has 0 aliphatic rings. The fourth-order valence-corrected chi connectivity index (χ4v) is 1.71. The summed E-state index contributed by atoms with van der Waals surface area (Å²) in [6, 6.07) is 1.95. The zero-order valence-corrected chi connectivity index (χ0v) is 10.9. The van der Waals surface area contributed by atoms with Crippen LogP contribution in [0.25, 0.3) is 0 Å². The fourth-order valence-electron chi connectivity index (χ4n) is 1.71. The van der Waals surface area contributed by atoms with Crippen molar-refractivity contribution in [3.63, 3.8) is 0 Å². The highest BCUT2D eigenvalue weighted by Crippen LogP contribution is 2.31. The zero-order chi connectivity index (χ0) is 12.3. The van der Waals surface area contributed by atoms with Gasteiger partial charge >= 0.3 is 0 Å². The molecule has 0 aliphatic carbocycles. The summed E-state index contributed by atoms with van der Waals surface area (Å²) >= 11 is 0. The Bertz CT molecular complexity index is 330. The lowest BCUT2D eigenvalue weighted by Crippen LogP contribution is -2.08. The fraction of sp³-hybridized carbons (Fsp3) is 0.615. The number of rotatable bonds is 4. The molecule has 2 N–H and O–H groups in total. The highest BCUT2D eigenvalue weighted by Gasteiger charge is 2.15. The molecule has 0 bridgehead atoms. The zero-order valence-electron chi connectivity index (χ0n) is 10.9. The van der Waals surface area contributed by atoms with Crippen molar-refractivity contribution in [3.05, 3.63) is 17.3 Å². The Morgan fingerprint density at radius 1 is 1.25 bits per heavy atom. The van der Waals surface area contributed by atoms with Crippen LogP contribution in [0.3, 0.4) is 0 Å². The molecule has 0 saturated carbocycles. The molecule has 0 atom stereocenters. The first-order valence-electron chi connectivity index (χ1n) is 5.90. The van der Waals surface area contributed by atoms with Crippen molar-refractivity contribution in [2.45, 2.75) is 46.5 Å². The van der Waals surface area contributed by atoms with Crippen molar-refractivity contribution < 1.29 is 4.74 Å². The number of pyridine rings is 1. The van der Waals surface area contributed by atoms with E-state index in [9.17, 15) is 0 Å². The number of hydrogen-bond acceptors (Lipinski definition) is 3. The SMILES string of the molecule is CCOc1cc(C(C)C)c(N)c(C(C)C)n1. The highest BCUT2D eigenvalue weighted by molar-refractivity contribution is 5.55. The molecule has 0 amide bonds. The monoisotopic (exact) mass is 222 g/mol. The van der Waals surface area contributed by atoms with E-state index in [1.54, 1.807) is 0 Å². The molecule has 16 heavy (non-hydrogen) atoms. The summed E-state index contributed by atoms with van der Waals surface area (Å²) in [4.78, 5) is 4.46. The van der Waals surface area contributed by atoms with Gasteiger partial charge in [0.15, 0.2) is 0 Å². The lowest BCUT2D eigenvalue weighted by molar-refractivity contribution is 0.325. The topological polar surface area (TPSA) is 48.1 Å². The number of nitrogens with two attached hydrogens (primary N) is 1. The number of nitrogens with zero attached hydrogens (tertiary/aromatic N) is 1. The minimum atomic E-state index is 0.318. The van der Waals surface area contributed by atoms with E-state index in [-0.39, 0.29) is 0 Å². The predicted octanol–water partition coefficient (Wildman–Crippen LogP) is 3.31. The van der Waals surface area contributed by atoms with Crippen molar-refractivity contribution in [1.82, 2.24) is 4.98 Å². The molecule has 0 unspecified atom stereocenters. The van der Waals surface area contributed by atoms with Gasteiger partial charge in [0.25, 0.3) is 0 Å². The third-order valence-electron chi connectivity index (χ3n) is 2.56. The van der Waals surface area contributed by atoms with E-state index in [0.717, 1.165) is 16.9 Å². The summed E-state index contributed by atoms with van der Waals surface area (Å²) in [6.07, 6.45) is 0. The van der Waals surface area contributed by atoms with Crippen molar-refractivity contribution >= 4 is 5.69 Å². The lowest BCUT2D eigenvalue weighted by atomic mass is 9.97. The minimum Gasteiger partial charge on any atom is -0.478 e. The second kappa shape index (κ2) is 5.19. The molecular weight excluding hydrogens is 200 g/mol. The predicted molar refractivity (Wildman–Crippen MR) is 68.0 cm³/mol. The van der Waals surface area contributed by atoms with Crippen molar-refractivity contribution in [2.24, 2.45) is 0 Å². The molecule has 0 fully saturated rings. The average Bonchev–Trinajstić information content (AvgIpc) is 2.19. The number of hydrogen-bond donors (Lipinski definition) is 1. The maximum Gasteiger partial charge on any atom is 0.213 e. The summed E-state index contributed by atoms with van der Waals surface area (Å²) in [5, 5.41) is 0. The van der Waals surface area contributed by atoms with Crippen LogP contribution in [0, 0.1) is 0 Å². The summed E-state index contributed by atoms with van der Waals surface area (Å²) in [5.74, 6) is 1.39. The van der Waals surface area contributed by atoms with Crippen LogP contribution in [0.5, 0.6) is 5.88 Å². The number of nitrogen functional groups attached to an aromatic ring is 1. The van der Waals surface area contributed by atoms with E-state index < -0.39 is 0 Å². The van der Waals surface area contributed by atoms with Crippen molar-refractivity contribution in [3.8, 4) is 5.88 Å². The van der Waals surface area contributed by atoms with Gasteiger partial charge in [-0.2, -0.15) is 0 Å². The van der Waals surface area contributed by atoms with Gasteiger partial charge in [-0.05, 0) is 24.3 Å². The van der Waals surface area contributed by atoms with Crippen LogP contribution < -0.4 is 10.5 Å². The Labute approximate surface area is 98.0 Å². The second-order valence-corrected chi connectivity index (χ2v) is 4.59. The summed E-state index contributed by atoms with van der Waals surface area (Å²) in [6.45, 7) is 11.0. The molecule has 3 nitrogen and oxygen atoms in total. The molecule has 0 saturated heterocycles. The van der Waals surface area contributed by atoms with Crippen LogP contribution in [0.4, 0.5) is 5.69 Å². The van der Waals surface area contributed by atoms with Gasteiger partial charge in [-0.3, -0.25) is 0 Å². The third kappa shape index (κ3) is 2.65. The smallest absolute Gasteiger partial charge is 0.213 e. The van der Waals surface area contributed by atoms with Crippen LogP contribution in [-0.4, -0.2) is 11.6 Å². The first kappa shape index (κ1) is 12.8. The quantitative estimate of drug-likeness (QED) is 0.850. The molecule has 0 spiro atoms. The molecule has 90 valence electrons. The van der Waals surface area contributed by atoms with E-state index in [1.165, 1.54) is 0 Å². The Kier molecular flexibility index (Phi) is 4.16. The van der Waals surface area contributed by atoms with Gasteiger partial charge in [0.1, 0.15) is 0 Å². The summed E-state index contributed by atoms with van der Waals surface area (Å²) in [7, 11) is 0. The average molecular weight is 222 g/mol. The summed E-state index contributed by atoms with van der Waals surface area (Å²) in [5.41, 5.74) is 9.01. The van der Waals surface area contributed by atoms with Crippen molar-refractivity contribution in [1.29, 1.82) is 0 Å². The van der Waals surface area contributed by atoms with E-state index in [2.05, 4.69) is 32.7 Å². The van der Waals surface area contributed by atoms with Gasteiger partial charge in [-0.15, -0.1) is 0 Å².